The molecule has 1 aliphatic rings. The summed E-state index contributed by atoms with van der Waals surface area (Å²) in [7, 11) is 4.70. The van der Waals surface area contributed by atoms with E-state index in [-0.39, 0.29) is 5.91 Å². The highest BCUT2D eigenvalue weighted by atomic mass is 16.5. The van der Waals surface area contributed by atoms with E-state index >= 15 is 0 Å². The van der Waals surface area contributed by atoms with Gasteiger partial charge in [-0.2, -0.15) is 0 Å². The molecule has 3 rings (SSSR count). The Morgan fingerprint density at radius 3 is 2.44 bits per heavy atom. The molecule has 0 radical (unpaired) electrons. The van der Waals surface area contributed by atoms with Crippen molar-refractivity contribution in [2.24, 2.45) is 0 Å². The van der Waals surface area contributed by atoms with Crippen molar-refractivity contribution in [3.8, 4) is 23.0 Å². The quantitative estimate of drug-likeness (QED) is 0.872. The van der Waals surface area contributed by atoms with Crippen molar-refractivity contribution in [2.45, 2.75) is 19.1 Å². The average Bonchev–Trinajstić information content (AvgIpc) is 3.09. The van der Waals surface area contributed by atoms with E-state index in [4.69, 9.17) is 18.9 Å². The van der Waals surface area contributed by atoms with Crippen LogP contribution in [0.3, 0.4) is 0 Å². The zero-order chi connectivity index (χ0) is 17.8. The van der Waals surface area contributed by atoms with Crippen molar-refractivity contribution in [3.63, 3.8) is 0 Å². The number of carbonyl (C=O) groups excluding carboxylic acids is 1. The molecule has 6 heteroatoms. The molecule has 0 aliphatic carbocycles. The van der Waals surface area contributed by atoms with Gasteiger partial charge in [0.15, 0.2) is 17.6 Å². The molecule has 0 unspecified atom stereocenters. The molecule has 0 spiro atoms. The monoisotopic (exact) mass is 343 g/mol. The Hall–Kier alpha value is -2.89. The number of amides is 1. The summed E-state index contributed by atoms with van der Waals surface area (Å²) in [6.45, 7) is 0.304. The van der Waals surface area contributed by atoms with E-state index in [2.05, 4.69) is 5.32 Å². The maximum absolute atomic E-state index is 12.4. The number of para-hydroxylation sites is 1. The fourth-order valence-electron chi connectivity index (χ4n) is 2.86. The summed E-state index contributed by atoms with van der Waals surface area (Å²) in [5.74, 6) is 2.38. The van der Waals surface area contributed by atoms with Crippen molar-refractivity contribution in [1.29, 1.82) is 0 Å². The Labute approximate surface area is 146 Å². The molecule has 1 heterocycles. The Morgan fingerprint density at radius 2 is 1.76 bits per heavy atom. The fraction of sp³-hybridized carbons (Fsp3) is 0.316. The second-order valence-electron chi connectivity index (χ2n) is 5.66. The van der Waals surface area contributed by atoms with E-state index in [9.17, 15) is 4.79 Å². The average molecular weight is 343 g/mol. The van der Waals surface area contributed by atoms with Gasteiger partial charge in [-0.05, 0) is 17.7 Å². The van der Waals surface area contributed by atoms with Crippen molar-refractivity contribution in [3.05, 3.63) is 47.5 Å². The van der Waals surface area contributed by atoms with Gasteiger partial charge in [-0.3, -0.25) is 4.79 Å². The van der Waals surface area contributed by atoms with Gasteiger partial charge >= 0.3 is 0 Å². The van der Waals surface area contributed by atoms with Gasteiger partial charge in [-0.1, -0.05) is 18.2 Å². The summed E-state index contributed by atoms with van der Waals surface area (Å²) >= 11 is 0. The molecule has 0 aromatic heterocycles. The first kappa shape index (κ1) is 17.0. The number of methoxy groups -OCH3 is 3. The lowest BCUT2D eigenvalue weighted by Gasteiger charge is -2.16. The van der Waals surface area contributed by atoms with E-state index < -0.39 is 6.10 Å². The number of nitrogens with one attached hydrogen (secondary N) is 1. The summed E-state index contributed by atoms with van der Waals surface area (Å²) in [5, 5.41) is 2.90. The van der Waals surface area contributed by atoms with Crippen LogP contribution in [0.5, 0.6) is 23.0 Å². The molecule has 25 heavy (non-hydrogen) atoms. The molecule has 0 saturated carbocycles. The standard InChI is InChI=1S/C19H21NO5/c1-22-15-10-17(24-3)16(23-2)9-13(15)11-20-19(21)18-8-12-6-4-5-7-14(12)25-18/h4-7,9-10,18H,8,11H2,1-3H3,(H,20,21)/t18-/m1/s1. The molecule has 0 bridgehead atoms. The van der Waals surface area contributed by atoms with Gasteiger partial charge in [0.25, 0.3) is 5.91 Å². The van der Waals surface area contributed by atoms with Gasteiger partial charge in [0.05, 0.1) is 21.3 Å². The number of ether oxygens (including phenoxy) is 4. The largest absolute Gasteiger partial charge is 0.496 e. The minimum atomic E-state index is -0.511. The number of fused-ring (bicyclic) bond motifs is 1. The van der Waals surface area contributed by atoms with Crippen LogP contribution in [0.4, 0.5) is 0 Å². The molecular formula is C19H21NO5. The molecule has 0 saturated heterocycles. The first-order chi connectivity index (χ1) is 12.2. The Balaban J connectivity index is 1.68. The smallest absolute Gasteiger partial charge is 0.261 e. The Bertz CT molecular complexity index is 749. The maximum Gasteiger partial charge on any atom is 0.261 e. The third kappa shape index (κ3) is 3.47. The molecule has 1 atom stereocenters. The molecule has 2 aromatic carbocycles. The summed E-state index contributed by atoms with van der Waals surface area (Å²) in [5.41, 5.74) is 1.84. The van der Waals surface area contributed by atoms with Crippen LogP contribution in [0.2, 0.25) is 0 Å². The highest BCUT2D eigenvalue weighted by Crippen LogP contribution is 2.34. The van der Waals surface area contributed by atoms with Gasteiger partial charge in [0.1, 0.15) is 11.5 Å². The topological polar surface area (TPSA) is 66.0 Å². The van der Waals surface area contributed by atoms with Crippen LogP contribution in [-0.2, 0) is 17.8 Å². The molecule has 1 amide bonds. The molecule has 2 aromatic rings. The Kier molecular flexibility index (Phi) is 4.97. The van der Waals surface area contributed by atoms with Gasteiger partial charge in [0.2, 0.25) is 0 Å². The Morgan fingerprint density at radius 1 is 1.08 bits per heavy atom. The van der Waals surface area contributed by atoms with Crippen LogP contribution in [0.25, 0.3) is 0 Å². The number of hydrogen-bond donors (Lipinski definition) is 1. The first-order valence-corrected chi connectivity index (χ1v) is 7.97. The maximum atomic E-state index is 12.4. The third-order valence-corrected chi connectivity index (χ3v) is 4.18. The van der Waals surface area contributed by atoms with Crippen molar-refractivity contribution >= 4 is 5.91 Å². The predicted molar refractivity (Wildman–Crippen MR) is 92.5 cm³/mol. The van der Waals surface area contributed by atoms with Gasteiger partial charge < -0.3 is 24.3 Å². The lowest BCUT2D eigenvalue weighted by molar-refractivity contribution is -0.127. The van der Waals surface area contributed by atoms with E-state index in [0.717, 1.165) is 16.9 Å². The van der Waals surface area contributed by atoms with Crippen LogP contribution in [0, 0.1) is 0 Å². The van der Waals surface area contributed by atoms with Crippen LogP contribution in [0.15, 0.2) is 36.4 Å². The van der Waals surface area contributed by atoms with Gasteiger partial charge in [-0.25, -0.2) is 0 Å². The van der Waals surface area contributed by atoms with Crippen LogP contribution >= 0.6 is 0 Å². The fourth-order valence-corrected chi connectivity index (χ4v) is 2.86. The number of hydrogen-bond acceptors (Lipinski definition) is 5. The van der Waals surface area contributed by atoms with Gasteiger partial charge in [0, 0.05) is 24.6 Å². The molecular weight excluding hydrogens is 322 g/mol. The van der Waals surface area contributed by atoms with Crippen molar-refractivity contribution < 1.29 is 23.7 Å². The van der Waals surface area contributed by atoms with Crippen LogP contribution in [-0.4, -0.2) is 33.3 Å². The molecule has 6 nitrogen and oxygen atoms in total. The second kappa shape index (κ2) is 7.34. The normalized spacial score (nSPS) is 15.1. The zero-order valence-electron chi connectivity index (χ0n) is 14.5. The molecule has 1 N–H and O–H groups in total. The van der Waals surface area contributed by atoms with Crippen LogP contribution < -0.4 is 24.3 Å². The molecule has 132 valence electrons. The van der Waals surface area contributed by atoms with Crippen LogP contribution in [0.1, 0.15) is 11.1 Å². The zero-order valence-corrected chi connectivity index (χ0v) is 14.5. The number of rotatable bonds is 6. The predicted octanol–water partition coefficient (Wildman–Crippen LogP) is 2.33. The van der Waals surface area contributed by atoms with Gasteiger partial charge in [-0.15, -0.1) is 0 Å². The highest BCUT2D eigenvalue weighted by Gasteiger charge is 2.28. The minimum Gasteiger partial charge on any atom is -0.496 e. The summed E-state index contributed by atoms with van der Waals surface area (Å²) in [6, 6.07) is 11.2. The summed E-state index contributed by atoms with van der Waals surface area (Å²) < 4.78 is 21.7. The minimum absolute atomic E-state index is 0.159. The second-order valence-corrected chi connectivity index (χ2v) is 5.66. The summed E-state index contributed by atoms with van der Waals surface area (Å²) in [4.78, 5) is 12.4. The number of carbonyl (C=O) groups is 1. The van der Waals surface area contributed by atoms with E-state index in [1.807, 2.05) is 24.3 Å². The number of benzene rings is 2. The lowest BCUT2D eigenvalue weighted by Crippen LogP contribution is -2.37. The van der Waals surface area contributed by atoms with Crippen molar-refractivity contribution in [2.75, 3.05) is 21.3 Å². The van der Waals surface area contributed by atoms with Crippen molar-refractivity contribution in [1.82, 2.24) is 5.32 Å². The van der Waals surface area contributed by atoms with E-state index in [0.29, 0.717) is 30.2 Å². The molecule has 1 aliphatic heterocycles. The third-order valence-electron chi connectivity index (χ3n) is 4.18. The van der Waals surface area contributed by atoms with E-state index in [1.165, 1.54) is 0 Å². The first-order valence-electron chi connectivity index (χ1n) is 7.97. The highest BCUT2D eigenvalue weighted by molar-refractivity contribution is 5.82. The van der Waals surface area contributed by atoms with E-state index in [1.54, 1.807) is 33.5 Å². The lowest BCUT2D eigenvalue weighted by atomic mass is 10.1. The SMILES string of the molecule is COc1cc(OC)c(OC)cc1CNC(=O)[C@H]1Cc2ccccc2O1. The molecule has 0 fully saturated rings. The summed E-state index contributed by atoms with van der Waals surface area (Å²) in [6.07, 6.45) is 0.0639.